The summed E-state index contributed by atoms with van der Waals surface area (Å²) in [7, 11) is 0. The minimum Gasteiger partial charge on any atom is -0.352 e. The highest BCUT2D eigenvalue weighted by molar-refractivity contribution is 5.78. The van der Waals surface area contributed by atoms with E-state index in [1.165, 1.54) is 25.7 Å². The van der Waals surface area contributed by atoms with Crippen molar-refractivity contribution in [3.8, 4) is 0 Å². The van der Waals surface area contributed by atoms with Crippen molar-refractivity contribution in [1.29, 1.82) is 0 Å². The largest absolute Gasteiger partial charge is 0.352 e. The van der Waals surface area contributed by atoms with Crippen LogP contribution in [0.25, 0.3) is 0 Å². The standard InChI is InChI=1S/C13H26N2O/c1-10(13(2,3)4)15-12(16)9-14-11-7-5-6-8-11/h10-11,14H,5-9H2,1-4H3,(H,15,16). The number of carbonyl (C=O) groups excluding carboxylic acids is 1. The Bertz CT molecular complexity index is 227. The lowest BCUT2D eigenvalue weighted by molar-refractivity contribution is -0.121. The predicted octanol–water partition coefficient (Wildman–Crippen LogP) is 2.07. The Morgan fingerprint density at radius 2 is 1.88 bits per heavy atom. The molecular formula is C13H26N2O. The van der Waals surface area contributed by atoms with Crippen LogP contribution < -0.4 is 10.6 Å². The molecule has 0 saturated heterocycles. The Hall–Kier alpha value is -0.570. The van der Waals surface area contributed by atoms with Gasteiger partial charge >= 0.3 is 0 Å². The molecule has 0 aliphatic heterocycles. The third-order valence-electron chi connectivity index (χ3n) is 3.58. The molecule has 3 nitrogen and oxygen atoms in total. The van der Waals surface area contributed by atoms with Crippen LogP contribution in [0.1, 0.15) is 53.4 Å². The van der Waals surface area contributed by atoms with E-state index in [1.54, 1.807) is 0 Å². The zero-order chi connectivity index (χ0) is 12.2. The van der Waals surface area contributed by atoms with E-state index in [1.807, 2.05) is 0 Å². The van der Waals surface area contributed by atoms with Crippen LogP contribution in [0.15, 0.2) is 0 Å². The van der Waals surface area contributed by atoms with E-state index in [0.29, 0.717) is 12.6 Å². The Kier molecular flexibility index (Phi) is 4.78. The summed E-state index contributed by atoms with van der Waals surface area (Å²) < 4.78 is 0. The molecular weight excluding hydrogens is 200 g/mol. The number of amides is 1. The summed E-state index contributed by atoms with van der Waals surface area (Å²) in [4.78, 5) is 11.7. The van der Waals surface area contributed by atoms with Crippen molar-refractivity contribution >= 4 is 5.91 Å². The van der Waals surface area contributed by atoms with Crippen LogP contribution in [0.2, 0.25) is 0 Å². The molecule has 1 atom stereocenters. The molecule has 1 saturated carbocycles. The van der Waals surface area contributed by atoms with Gasteiger partial charge in [0.2, 0.25) is 5.91 Å². The number of hydrogen-bond donors (Lipinski definition) is 2. The van der Waals surface area contributed by atoms with Gasteiger partial charge in [0, 0.05) is 12.1 Å². The first-order valence-corrected chi connectivity index (χ1v) is 6.42. The quantitative estimate of drug-likeness (QED) is 0.770. The number of rotatable bonds is 4. The topological polar surface area (TPSA) is 41.1 Å². The Balaban J connectivity index is 2.20. The highest BCUT2D eigenvalue weighted by Gasteiger charge is 2.22. The molecule has 1 rings (SSSR count). The molecule has 0 radical (unpaired) electrons. The number of carbonyl (C=O) groups is 1. The Morgan fingerprint density at radius 3 is 2.38 bits per heavy atom. The van der Waals surface area contributed by atoms with E-state index in [4.69, 9.17) is 0 Å². The van der Waals surface area contributed by atoms with Crippen molar-refractivity contribution in [3.63, 3.8) is 0 Å². The minimum atomic E-state index is 0.120. The van der Waals surface area contributed by atoms with E-state index < -0.39 is 0 Å². The van der Waals surface area contributed by atoms with Gasteiger partial charge < -0.3 is 10.6 Å². The molecule has 16 heavy (non-hydrogen) atoms. The van der Waals surface area contributed by atoms with Crippen LogP contribution in [0.3, 0.4) is 0 Å². The van der Waals surface area contributed by atoms with Crippen molar-refractivity contribution in [2.75, 3.05) is 6.54 Å². The van der Waals surface area contributed by atoms with Gasteiger partial charge in [0.15, 0.2) is 0 Å². The molecule has 3 heteroatoms. The lowest BCUT2D eigenvalue weighted by Crippen LogP contribution is -2.46. The highest BCUT2D eigenvalue weighted by Crippen LogP contribution is 2.19. The monoisotopic (exact) mass is 226 g/mol. The first-order chi connectivity index (χ1) is 7.39. The van der Waals surface area contributed by atoms with Crippen molar-refractivity contribution in [2.45, 2.75) is 65.5 Å². The average Bonchev–Trinajstić information content (AvgIpc) is 2.65. The molecule has 0 aromatic rings. The smallest absolute Gasteiger partial charge is 0.234 e. The van der Waals surface area contributed by atoms with Gasteiger partial charge in [0.05, 0.1) is 6.54 Å². The molecule has 0 heterocycles. The second kappa shape index (κ2) is 5.67. The van der Waals surface area contributed by atoms with Gasteiger partial charge in [0.1, 0.15) is 0 Å². The van der Waals surface area contributed by atoms with E-state index >= 15 is 0 Å². The third-order valence-corrected chi connectivity index (χ3v) is 3.58. The van der Waals surface area contributed by atoms with Crippen molar-refractivity contribution in [2.24, 2.45) is 5.41 Å². The van der Waals surface area contributed by atoms with Crippen molar-refractivity contribution in [3.05, 3.63) is 0 Å². The van der Waals surface area contributed by atoms with E-state index in [9.17, 15) is 4.79 Å². The minimum absolute atomic E-state index is 0.120. The Labute approximate surface area is 99.4 Å². The number of nitrogens with one attached hydrogen (secondary N) is 2. The fraction of sp³-hybridized carbons (Fsp3) is 0.923. The van der Waals surface area contributed by atoms with Gasteiger partial charge in [0.25, 0.3) is 0 Å². The van der Waals surface area contributed by atoms with Gasteiger partial charge in [-0.2, -0.15) is 0 Å². The fourth-order valence-electron chi connectivity index (χ4n) is 1.88. The molecule has 94 valence electrons. The molecule has 0 bridgehead atoms. The van der Waals surface area contributed by atoms with Gasteiger partial charge in [-0.15, -0.1) is 0 Å². The molecule has 0 spiro atoms. The van der Waals surface area contributed by atoms with Gasteiger partial charge in [-0.05, 0) is 25.2 Å². The average molecular weight is 226 g/mol. The molecule has 0 aromatic carbocycles. The fourth-order valence-corrected chi connectivity index (χ4v) is 1.88. The second-order valence-electron chi connectivity index (χ2n) is 6.02. The van der Waals surface area contributed by atoms with Crippen LogP contribution >= 0.6 is 0 Å². The molecule has 1 aliphatic carbocycles. The summed E-state index contributed by atoms with van der Waals surface area (Å²) >= 11 is 0. The molecule has 0 aromatic heterocycles. The van der Waals surface area contributed by atoms with Crippen molar-refractivity contribution in [1.82, 2.24) is 10.6 Å². The van der Waals surface area contributed by atoms with E-state index in [-0.39, 0.29) is 17.4 Å². The lowest BCUT2D eigenvalue weighted by atomic mass is 9.88. The maximum absolute atomic E-state index is 11.7. The first-order valence-electron chi connectivity index (χ1n) is 6.42. The lowest BCUT2D eigenvalue weighted by Gasteiger charge is -2.28. The summed E-state index contributed by atoms with van der Waals surface area (Å²) in [6.07, 6.45) is 5.06. The summed E-state index contributed by atoms with van der Waals surface area (Å²) in [6, 6.07) is 0.779. The third kappa shape index (κ3) is 4.52. The molecule has 2 N–H and O–H groups in total. The van der Waals surface area contributed by atoms with Crippen LogP contribution in [-0.2, 0) is 4.79 Å². The Morgan fingerprint density at radius 1 is 1.31 bits per heavy atom. The number of hydrogen-bond acceptors (Lipinski definition) is 2. The van der Waals surface area contributed by atoms with Gasteiger partial charge in [-0.1, -0.05) is 33.6 Å². The summed E-state index contributed by atoms with van der Waals surface area (Å²) in [6.45, 7) is 8.95. The second-order valence-corrected chi connectivity index (χ2v) is 6.02. The van der Waals surface area contributed by atoms with Crippen LogP contribution in [0.4, 0.5) is 0 Å². The van der Waals surface area contributed by atoms with E-state index in [0.717, 1.165) is 0 Å². The van der Waals surface area contributed by atoms with Crippen LogP contribution in [0.5, 0.6) is 0 Å². The summed E-state index contributed by atoms with van der Waals surface area (Å²) in [5, 5.41) is 6.37. The van der Waals surface area contributed by atoms with Gasteiger partial charge in [-0.25, -0.2) is 0 Å². The molecule has 1 fully saturated rings. The van der Waals surface area contributed by atoms with E-state index in [2.05, 4.69) is 38.3 Å². The highest BCUT2D eigenvalue weighted by atomic mass is 16.2. The normalized spacial score (nSPS) is 19.8. The SMILES string of the molecule is CC(NC(=O)CNC1CCCC1)C(C)(C)C. The summed E-state index contributed by atoms with van der Waals surface area (Å²) in [5.41, 5.74) is 0.128. The molecule has 1 aliphatic rings. The van der Waals surface area contributed by atoms with Gasteiger partial charge in [-0.3, -0.25) is 4.79 Å². The first kappa shape index (κ1) is 13.5. The maximum atomic E-state index is 11.7. The van der Waals surface area contributed by atoms with Crippen LogP contribution in [-0.4, -0.2) is 24.5 Å². The maximum Gasteiger partial charge on any atom is 0.234 e. The predicted molar refractivity (Wildman–Crippen MR) is 67.3 cm³/mol. The van der Waals surface area contributed by atoms with Crippen LogP contribution in [0, 0.1) is 5.41 Å². The van der Waals surface area contributed by atoms with Crippen molar-refractivity contribution < 1.29 is 4.79 Å². The summed E-state index contributed by atoms with van der Waals surface area (Å²) in [5.74, 6) is 0.120. The zero-order valence-electron chi connectivity index (χ0n) is 11.1. The molecule has 1 unspecified atom stereocenters. The molecule has 1 amide bonds. The zero-order valence-corrected chi connectivity index (χ0v) is 11.1.